The number of benzene rings is 2. The van der Waals surface area contributed by atoms with E-state index < -0.39 is 0 Å². The Morgan fingerprint density at radius 3 is 1.97 bits per heavy atom. The first-order chi connectivity index (χ1) is 17.1. The van der Waals surface area contributed by atoms with Crippen LogP contribution in [0.1, 0.15) is 83.9 Å². The quantitative estimate of drug-likeness (QED) is 0.358. The molecule has 3 heteroatoms. The van der Waals surface area contributed by atoms with Crippen molar-refractivity contribution in [3.8, 4) is 0 Å². The zero-order valence-electron chi connectivity index (χ0n) is 22.4. The third kappa shape index (κ3) is 7.71. The second-order valence-corrected chi connectivity index (χ2v) is 8.85. The largest absolute Gasteiger partial charge is 0.499 e. The topological polar surface area (TPSA) is 24.8 Å². The van der Waals surface area contributed by atoms with E-state index in [-0.39, 0.29) is 6.04 Å². The van der Waals surface area contributed by atoms with Gasteiger partial charge in [0, 0.05) is 11.4 Å². The monoisotopic (exact) mass is 472 g/mol. The zero-order chi connectivity index (χ0) is 25.6. The number of ether oxygens (including phenoxy) is 1. The SMILES string of the molecule is C=C1C(CCC)=C(CC)N=CN1C(c1ccccc1)c1ccccc1.C=COC1CC(C)C1.CC. The molecule has 0 aromatic heterocycles. The fraction of sp³-hybridized carbons (Fsp3) is 0.406. The molecule has 188 valence electrons. The van der Waals surface area contributed by atoms with Crippen molar-refractivity contribution in [2.45, 2.75) is 78.9 Å². The predicted molar refractivity (Wildman–Crippen MR) is 151 cm³/mol. The molecule has 2 aliphatic rings. The molecule has 0 unspecified atom stereocenters. The lowest BCUT2D eigenvalue weighted by molar-refractivity contribution is 0.0355. The van der Waals surface area contributed by atoms with Crippen molar-refractivity contribution in [3.63, 3.8) is 0 Å². The van der Waals surface area contributed by atoms with E-state index in [0.717, 1.165) is 30.9 Å². The third-order valence-corrected chi connectivity index (χ3v) is 6.31. The molecule has 2 aromatic rings. The molecule has 0 atom stereocenters. The van der Waals surface area contributed by atoms with Gasteiger partial charge < -0.3 is 9.64 Å². The van der Waals surface area contributed by atoms with Crippen LogP contribution in [-0.2, 0) is 4.74 Å². The van der Waals surface area contributed by atoms with Gasteiger partial charge in [-0.05, 0) is 48.3 Å². The van der Waals surface area contributed by atoms with Crippen molar-refractivity contribution < 1.29 is 4.74 Å². The number of hydrogen-bond donors (Lipinski definition) is 0. The van der Waals surface area contributed by atoms with Crippen LogP contribution in [0.2, 0.25) is 0 Å². The Kier molecular flexibility index (Phi) is 12.1. The van der Waals surface area contributed by atoms with Crippen LogP contribution in [0, 0.1) is 5.92 Å². The Hall–Kier alpha value is -3.07. The summed E-state index contributed by atoms with van der Waals surface area (Å²) in [6.45, 7) is 18.5. The highest BCUT2D eigenvalue weighted by atomic mass is 16.5. The van der Waals surface area contributed by atoms with Crippen LogP contribution in [0.5, 0.6) is 0 Å². The van der Waals surface area contributed by atoms with Crippen molar-refractivity contribution in [2.75, 3.05) is 0 Å². The molecule has 0 amide bonds. The van der Waals surface area contributed by atoms with E-state index in [2.05, 4.69) is 99.5 Å². The summed E-state index contributed by atoms with van der Waals surface area (Å²) in [4.78, 5) is 7.00. The standard InChI is InChI=1S/C23H26N2.C7H12O.C2H6/c1-4-12-21-18(3)25(17-24-22(21)5-2)23(19-13-8-6-9-14-19)20-15-10-7-11-16-20;1-3-8-7-4-6(2)5-7;1-2/h6-11,13-17,23H,3-5,12H2,1-2H3;3,6-7H,1,4-5H2,2H3;1-2H3. The van der Waals surface area contributed by atoms with E-state index >= 15 is 0 Å². The van der Waals surface area contributed by atoms with Crippen LogP contribution >= 0.6 is 0 Å². The molecule has 1 heterocycles. The number of rotatable bonds is 8. The molecule has 2 aromatic carbocycles. The summed E-state index contributed by atoms with van der Waals surface area (Å²) in [6.07, 6.45) is 9.48. The highest BCUT2D eigenvalue weighted by molar-refractivity contribution is 5.67. The molecular formula is C32H44N2O. The van der Waals surface area contributed by atoms with Crippen LogP contribution in [0.3, 0.4) is 0 Å². The highest BCUT2D eigenvalue weighted by Crippen LogP contribution is 2.37. The number of aliphatic imine (C=N–C) groups is 1. The third-order valence-electron chi connectivity index (χ3n) is 6.31. The molecule has 0 N–H and O–H groups in total. The highest BCUT2D eigenvalue weighted by Gasteiger charge is 2.27. The van der Waals surface area contributed by atoms with Crippen LogP contribution < -0.4 is 0 Å². The molecule has 4 rings (SSSR count). The van der Waals surface area contributed by atoms with Crippen molar-refractivity contribution in [1.29, 1.82) is 0 Å². The first-order valence-corrected chi connectivity index (χ1v) is 13.2. The van der Waals surface area contributed by atoms with Crippen LogP contribution in [-0.4, -0.2) is 17.3 Å². The van der Waals surface area contributed by atoms with Gasteiger partial charge in [0.2, 0.25) is 0 Å². The van der Waals surface area contributed by atoms with Crippen molar-refractivity contribution >= 4 is 6.34 Å². The average Bonchev–Trinajstić information content (AvgIpc) is 2.89. The smallest absolute Gasteiger partial charge is 0.0983 e. The van der Waals surface area contributed by atoms with Gasteiger partial charge in [0.25, 0.3) is 0 Å². The van der Waals surface area contributed by atoms with E-state index in [4.69, 9.17) is 9.73 Å². The fourth-order valence-electron chi connectivity index (χ4n) is 4.53. The summed E-state index contributed by atoms with van der Waals surface area (Å²) in [5, 5.41) is 0. The van der Waals surface area contributed by atoms with E-state index in [9.17, 15) is 0 Å². The van der Waals surface area contributed by atoms with Gasteiger partial charge in [-0.1, -0.05) is 115 Å². The van der Waals surface area contributed by atoms with Crippen LogP contribution in [0.25, 0.3) is 0 Å². The van der Waals surface area contributed by atoms with E-state index in [1.807, 2.05) is 20.2 Å². The molecule has 3 nitrogen and oxygen atoms in total. The maximum atomic E-state index is 5.11. The first kappa shape index (κ1) is 28.2. The number of nitrogens with zero attached hydrogens (tertiary/aromatic N) is 2. The number of hydrogen-bond acceptors (Lipinski definition) is 3. The van der Waals surface area contributed by atoms with E-state index in [1.165, 1.54) is 41.5 Å². The van der Waals surface area contributed by atoms with Gasteiger partial charge in [0.05, 0.1) is 24.7 Å². The summed E-state index contributed by atoms with van der Waals surface area (Å²) in [5.41, 5.74) is 6.04. The molecule has 1 saturated carbocycles. The predicted octanol–water partition coefficient (Wildman–Crippen LogP) is 9.07. The van der Waals surface area contributed by atoms with Crippen LogP contribution in [0.4, 0.5) is 0 Å². The zero-order valence-corrected chi connectivity index (χ0v) is 22.4. The maximum absolute atomic E-state index is 5.11. The van der Waals surface area contributed by atoms with Gasteiger partial charge in [-0.3, -0.25) is 0 Å². The summed E-state index contributed by atoms with van der Waals surface area (Å²) < 4.78 is 5.11. The van der Waals surface area contributed by atoms with Gasteiger partial charge in [0.15, 0.2) is 0 Å². The lowest BCUT2D eigenvalue weighted by Gasteiger charge is -2.36. The molecule has 0 saturated heterocycles. The van der Waals surface area contributed by atoms with E-state index in [1.54, 1.807) is 0 Å². The Bertz CT molecular complexity index is 916. The van der Waals surface area contributed by atoms with Gasteiger partial charge in [-0.15, -0.1) is 0 Å². The minimum Gasteiger partial charge on any atom is -0.499 e. The summed E-state index contributed by atoms with van der Waals surface area (Å²) in [7, 11) is 0. The Morgan fingerprint density at radius 2 is 1.54 bits per heavy atom. The van der Waals surface area contributed by atoms with Gasteiger partial charge in [0.1, 0.15) is 0 Å². The molecule has 1 fully saturated rings. The Morgan fingerprint density at radius 1 is 1.00 bits per heavy atom. The summed E-state index contributed by atoms with van der Waals surface area (Å²) >= 11 is 0. The molecular weight excluding hydrogens is 428 g/mol. The molecule has 35 heavy (non-hydrogen) atoms. The molecule has 0 bridgehead atoms. The lowest BCUT2D eigenvalue weighted by Crippen LogP contribution is -2.30. The molecule has 1 aliphatic carbocycles. The van der Waals surface area contributed by atoms with Crippen molar-refractivity contribution in [3.05, 3.63) is 108 Å². The first-order valence-electron chi connectivity index (χ1n) is 13.2. The summed E-state index contributed by atoms with van der Waals surface area (Å²) in [5.74, 6) is 0.875. The van der Waals surface area contributed by atoms with Crippen molar-refractivity contribution in [1.82, 2.24) is 4.90 Å². The van der Waals surface area contributed by atoms with Crippen molar-refractivity contribution in [2.24, 2.45) is 10.9 Å². The van der Waals surface area contributed by atoms with E-state index in [0.29, 0.717) is 6.10 Å². The second kappa shape index (κ2) is 15.0. The van der Waals surface area contributed by atoms with Crippen LogP contribution in [0.15, 0.2) is 102 Å². The minimum atomic E-state index is 0.0870. The molecule has 1 aliphatic heterocycles. The molecule has 0 radical (unpaired) electrons. The second-order valence-electron chi connectivity index (χ2n) is 8.85. The fourth-order valence-corrected chi connectivity index (χ4v) is 4.53. The van der Waals surface area contributed by atoms with Gasteiger partial charge in [-0.2, -0.15) is 0 Å². The number of allylic oxidation sites excluding steroid dienone is 2. The van der Waals surface area contributed by atoms with Gasteiger partial charge in [-0.25, -0.2) is 4.99 Å². The Balaban J connectivity index is 0.000000363. The lowest BCUT2D eigenvalue weighted by atomic mass is 9.84. The van der Waals surface area contributed by atoms with Gasteiger partial charge >= 0.3 is 0 Å². The molecule has 0 spiro atoms. The maximum Gasteiger partial charge on any atom is 0.0983 e. The normalized spacial score (nSPS) is 18.7. The average molecular weight is 473 g/mol. The minimum absolute atomic E-state index is 0.0870. The Labute approximate surface area is 213 Å². The summed E-state index contributed by atoms with van der Waals surface area (Å²) in [6, 6.07) is 21.3.